The van der Waals surface area contributed by atoms with E-state index in [0.29, 0.717) is 13.1 Å². The minimum Gasteiger partial charge on any atom is -0.497 e. The highest BCUT2D eigenvalue weighted by atomic mass is 32.1. The molecule has 162 valence electrons. The summed E-state index contributed by atoms with van der Waals surface area (Å²) >= 11 is 1.67. The number of methoxy groups -OCH3 is 1. The van der Waals surface area contributed by atoms with Crippen LogP contribution in [0.2, 0.25) is 0 Å². The molecule has 0 radical (unpaired) electrons. The average Bonchev–Trinajstić information content (AvgIpc) is 3.27. The van der Waals surface area contributed by atoms with Crippen molar-refractivity contribution in [3.05, 3.63) is 64.5 Å². The summed E-state index contributed by atoms with van der Waals surface area (Å²) in [5, 5.41) is 3.17. The van der Waals surface area contributed by atoms with Gasteiger partial charge in [0, 0.05) is 37.1 Å². The number of hydrogen-bond acceptors (Lipinski definition) is 6. The van der Waals surface area contributed by atoms with Crippen LogP contribution in [0, 0.1) is 6.92 Å². The smallest absolute Gasteiger partial charge is 0.260 e. The number of hydrogen-bond donors (Lipinski definition) is 0. The fraction of sp³-hybridized carbons (Fsp3) is 0.333. The molecule has 3 aromatic rings. The highest BCUT2D eigenvalue weighted by molar-refractivity contribution is 7.09. The number of amides is 1. The molecule has 0 aliphatic carbocycles. The monoisotopic (exact) mass is 437 g/mol. The Morgan fingerprint density at radius 3 is 2.68 bits per heavy atom. The van der Waals surface area contributed by atoms with Crippen molar-refractivity contribution in [3.63, 3.8) is 0 Å². The molecule has 2 heterocycles. The zero-order valence-corrected chi connectivity index (χ0v) is 18.7. The summed E-state index contributed by atoms with van der Waals surface area (Å²) in [4.78, 5) is 21.6. The Labute approximate surface area is 187 Å². The van der Waals surface area contributed by atoms with E-state index in [4.69, 9.17) is 14.5 Å². The molecule has 0 unspecified atom stereocenters. The van der Waals surface area contributed by atoms with Crippen LogP contribution in [0.25, 0.3) is 11.3 Å². The van der Waals surface area contributed by atoms with Crippen molar-refractivity contribution in [1.82, 2.24) is 14.8 Å². The number of carbonyl (C=O) groups is 1. The van der Waals surface area contributed by atoms with Crippen LogP contribution < -0.4 is 9.47 Å². The first kappa shape index (κ1) is 21.3. The minimum absolute atomic E-state index is 0.0393. The van der Waals surface area contributed by atoms with Gasteiger partial charge in [0.15, 0.2) is 6.61 Å². The number of rotatable bonds is 7. The molecule has 31 heavy (non-hydrogen) atoms. The number of thiazole rings is 1. The largest absolute Gasteiger partial charge is 0.497 e. The Hall–Kier alpha value is -2.90. The second kappa shape index (κ2) is 9.94. The number of benzene rings is 2. The van der Waals surface area contributed by atoms with E-state index < -0.39 is 0 Å². The van der Waals surface area contributed by atoms with Crippen LogP contribution in [-0.4, -0.2) is 60.6 Å². The third kappa shape index (κ3) is 5.42. The van der Waals surface area contributed by atoms with Crippen LogP contribution in [0.1, 0.15) is 10.6 Å². The van der Waals surface area contributed by atoms with Crippen LogP contribution >= 0.6 is 11.3 Å². The molecule has 7 heteroatoms. The van der Waals surface area contributed by atoms with Gasteiger partial charge in [0.2, 0.25) is 0 Å². The Kier molecular flexibility index (Phi) is 6.84. The van der Waals surface area contributed by atoms with Crippen molar-refractivity contribution in [2.24, 2.45) is 0 Å². The van der Waals surface area contributed by atoms with Gasteiger partial charge in [-0.25, -0.2) is 4.98 Å². The van der Waals surface area contributed by atoms with Gasteiger partial charge in [-0.05, 0) is 30.7 Å². The molecule has 1 aliphatic heterocycles. The highest BCUT2D eigenvalue weighted by Gasteiger charge is 2.22. The maximum absolute atomic E-state index is 12.5. The van der Waals surface area contributed by atoms with Gasteiger partial charge in [0.05, 0.1) is 19.3 Å². The van der Waals surface area contributed by atoms with E-state index in [2.05, 4.69) is 10.3 Å². The molecule has 6 nitrogen and oxygen atoms in total. The zero-order chi connectivity index (χ0) is 21.6. The lowest BCUT2D eigenvalue weighted by Gasteiger charge is -2.34. The molecule has 1 aromatic heterocycles. The Balaban J connectivity index is 1.26. The van der Waals surface area contributed by atoms with Crippen molar-refractivity contribution in [3.8, 4) is 22.8 Å². The molecule has 1 fully saturated rings. The second-order valence-corrected chi connectivity index (χ2v) is 8.51. The molecular weight excluding hydrogens is 410 g/mol. The van der Waals surface area contributed by atoms with E-state index in [1.807, 2.05) is 60.4 Å². The maximum Gasteiger partial charge on any atom is 0.260 e. The normalized spacial score (nSPS) is 14.5. The predicted octanol–water partition coefficient (Wildman–Crippen LogP) is 3.85. The fourth-order valence-corrected chi connectivity index (χ4v) is 4.44. The van der Waals surface area contributed by atoms with Gasteiger partial charge in [-0.1, -0.05) is 30.3 Å². The number of ether oxygens (including phenoxy) is 2. The van der Waals surface area contributed by atoms with Crippen molar-refractivity contribution in [1.29, 1.82) is 0 Å². The first-order valence-electron chi connectivity index (χ1n) is 10.4. The molecule has 1 amide bonds. The van der Waals surface area contributed by atoms with Gasteiger partial charge in [-0.2, -0.15) is 0 Å². The molecular formula is C24H27N3O3S. The molecule has 0 saturated carbocycles. The number of carbonyl (C=O) groups excluding carboxylic acids is 1. The highest BCUT2D eigenvalue weighted by Crippen LogP contribution is 2.26. The van der Waals surface area contributed by atoms with Gasteiger partial charge in [-0.15, -0.1) is 11.3 Å². The number of piperazine rings is 1. The number of aryl methyl sites for hydroxylation is 1. The summed E-state index contributed by atoms with van der Waals surface area (Å²) in [5.41, 5.74) is 3.07. The third-order valence-electron chi connectivity index (χ3n) is 5.45. The predicted molar refractivity (Wildman–Crippen MR) is 123 cm³/mol. The van der Waals surface area contributed by atoms with E-state index in [-0.39, 0.29) is 12.5 Å². The molecule has 2 aromatic carbocycles. The molecule has 0 bridgehead atoms. The van der Waals surface area contributed by atoms with Gasteiger partial charge in [0.25, 0.3) is 5.91 Å². The molecule has 0 N–H and O–H groups in total. The van der Waals surface area contributed by atoms with Crippen LogP contribution in [0.4, 0.5) is 0 Å². The Bertz CT molecular complexity index is 1030. The van der Waals surface area contributed by atoms with Crippen molar-refractivity contribution in [2.75, 3.05) is 39.9 Å². The summed E-state index contributed by atoms with van der Waals surface area (Å²) in [6.45, 7) is 5.97. The first-order chi connectivity index (χ1) is 15.1. The Morgan fingerprint density at radius 2 is 1.90 bits per heavy atom. The Morgan fingerprint density at radius 1 is 1.10 bits per heavy atom. The summed E-state index contributed by atoms with van der Waals surface area (Å²) < 4.78 is 11.0. The van der Waals surface area contributed by atoms with E-state index in [1.54, 1.807) is 18.4 Å². The molecule has 0 atom stereocenters. The lowest BCUT2D eigenvalue weighted by Crippen LogP contribution is -2.49. The molecule has 1 saturated heterocycles. The molecule has 4 rings (SSSR count). The lowest BCUT2D eigenvalue weighted by molar-refractivity contribution is -0.135. The summed E-state index contributed by atoms with van der Waals surface area (Å²) in [5.74, 6) is 1.64. The van der Waals surface area contributed by atoms with Gasteiger partial charge < -0.3 is 14.4 Å². The van der Waals surface area contributed by atoms with Crippen LogP contribution in [0.3, 0.4) is 0 Å². The summed E-state index contributed by atoms with van der Waals surface area (Å²) in [6.07, 6.45) is 0. The quantitative estimate of drug-likeness (QED) is 0.562. The average molecular weight is 438 g/mol. The molecule has 1 aliphatic rings. The van der Waals surface area contributed by atoms with Crippen LogP contribution in [0.5, 0.6) is 11.5 Å². The fourth-order valence-electron chi connectivity index (χ4n) is 3.59. The van der Waals surface area contributed by atoms with Crippen molar-refractivity contribution < 1.29 is 14.3 Å². The second-order valence-electron chi connectivity index (χ2n) is 7.57. The number of aromatic nitrogens is 1. The minimum atomic E-state index is 0.0393. The SMILES string of the molecule is COc1cccc(-c2csc(CN3CCN(C(=O)COc4ccccc4C)CC3)n2)c1. The number of nitrogens with zero attached hydrogens (tertiary/aromatic N) is 3. The standard InChI is InChI=1S/C24H27N3O3S/c1-18-6-3-4-9-22(18)30-16-24(28)27-12-10-26(11-13-27)15-23-25-21(17-31-23)19-7-5-8-20(14-19)29-2/h3-9,14,17H,10-13,15-16H2,1-2H3. The maximum atomic E-state index is 12.5. The zero-order valence-electron chi connectivity index (χ0n) is 17.9. The van der Waals surface area contributed by atoms with Gasteiger partial charge in [0.1, 0.15) is 16.5 Å². The summed E-state index contributed by atoms with van der Waals surface area (Å²) in [6, 6.07) is 15.7. The van der Waals surface area contributed by atoms with E-state index in [1.165, 1.54) is 0 Å². The van der Waals surface area contributed by atoms with Crippen LogP contribution in [-0.2, 0) is 11.3 Å². The van der Waals surface area contributed by atoms with Gasteiger partial charge >= 0.3 is 0 Å². The molecule has 0 spiro atoms. The summed E-state index contributed by atoms with van der Waals surface area (Å²) in [7, 11) is 1.67. The number of para-hydroxylation sites is 1. The first-order valence-corrected chi connectivity index (χ1v) is 11.3. The third-order valence-corrected chi connectivity index (χ3v) is 6.28. The van der Waals surface area contributed by atoms with Gasteiger partial charge in [-0.3, -0.25) is 9.69 Å². The van der Waals surface area contributed by atoms with E-state index >= 15 is 0 Å². The van der Waals surface area contributed by atoms with E-state index in [0.717, 1.165) is 53.0 Å². The van der Waals surface area contributed by atoms with E-state index in [9.17, 15) is 4.79 Å². The topological polar surface area (TPSA) is 54.9 Å². The van der Waals surface area contributed by atoms with Crippen molar-refractivity contribution >= 4 is 17.2 Å². The van der Waals surface area contributed by atoms with Crippen molar-refractivity contribution in [2.45, 2.75) is 13.5 Å². The lowest BCUT2D eigenvalue weighted by atomic mass is 10.2. The van der Waals surface area contributed by atoms with Crippen LogP contribution in [0.15, 0.2) is 53.9 Å².